The lowest BCUT2D eigenvalue weighted by atomic mass is 10.4. The number of ether oxygens (including phenoxy) is 2. The molecule has 0 rings (SSSR count). The van der Waals surface area contributed by atoms with E-state index in [0.717, 1.165) is 14.2 Å². The minimum Gasteiger partial charge on any atom is -0.465 e. The minimum absolute atomic E-state index is 0.573. The van der Waals surface area contributed by atoms with Crippen LogP contribution in [0.5, 0.6) is 0 Å². The molecular formula is C5H8ClFO3. The molecule has 0 aromatic rings. The first-order chi connectivity index (χ1) is 4.60. The van der Waals surface area contributed by atoms with E-state index in [1.165, 1.54) is 0 Å². The van der Waals surface area contributed by atoms with Gasteiger partial charge in [0.15, 0.2) is 0 Å². The molecule has 3 nitrogen and oxygen atoms in total. The van der Waals surface area contributed by atoms with E-state index in [1.54, 1.807) is 0 Å². The van der Waals surface area contributed by atoms with E-state index in [1.807, 2.05) is 0 Å². The number of carbonyl (C=O) groups excluding carboxylic acids is 1. The first-order valence-corrected chi connectivity index (χ1v) is 3.02. The third-order valence-electron chi connectivity index (χ3n) is 0.986. The van der Waals surface area contributed by atoms with E-state index >= 15 is 0 Å². The molecule has 5 heteroatoms. The first-order valence-electron chi connectivity index (χ1n) is 2.49. The highest BCUT2D eigenvalue weighted by Gasteiger charge is 2.39. The van der Waals surface area contributed by atoms with E-state index in [2.05, 4.69) is 9.47 Å². The number of halogens is 2. The van der Waals surface area contributed by atoms with Crippen LogP contribution >= 0.6 is 11.6 Å². The van der Waals surface area contributed by atoms with Crippen LogP contribution in [-0.4, -0.2) is 31.9 Å². The van der Waals surface area contributed by atoms with Crippen molar-refractivity contribution >= 4 is 17.6 Å². The molecule has 0 aromatic carbocycles. The fraction of sp³-hybridized carbons (Fsp3) is 0.800. The van der Waals surface area contributed by atoms with Gasteiger partial charge in [0.2, 0.25) is 0 Å². The van der Waals surface area contributed by atoms with E-state index in [-0.39, 0.29) is 0 Å². The third-order valence-corrected chi connectivity index (χ3v) is 1.33. The molecule has 1 atom stereocenters. The molecule has 0 N–H and O–H groups in total. The molecule has 0 aliphatic carbocycles. The molecule has 10 heavy (non-hydrogen) atoms. The Labute approximate surface area is 63.1 Å². The molecule has 0 aliphatic heterocycles. The molecule has 60 valence electrons. The van der Waals surface area contributed by atoms with Crippen molar-refractivity contribution in [3.05, 3.63) is 0 Å². The zero-order chi connectivity index (χ0) is 8.20. The Bertz CT molecular complexity index is 124. The highest BCUT2D eigenvalue weighted by Crippen LogP contribution is 2.15. The standard InChI is InChI=1S/C5H8ClFO3/c1-9-4(8)5(7,3-6)10-2/h3H2,1-2H3. The van der Waals surface area contributed by atoms with Crippen molar-refractivity contribution in [2.75, 3.05) is 20.1 Å². The Hall–Kier alpha value is -0.350. The highest BCUT2D eigenvalue weighted by atomic mass is 35.5. The average molecular weight is 171 g/mol. The summed E-state index contributed by atoms with van der Waals surface area (Å²) in [6.45, 7) is 0. The van der Waals surface area contributed by atoms with Crippen molar-refractivity contribution in [2.24, 2.45) is 0 Å². The average Bonchev–Trinajstić information content (AvgIpc) is 2.01. The van der Waals surface area contributed by atoms with Gasteiger partial charge in [0.05, 0.1) is 13.0 Å². The van der Waals surface area contributed by atoms with Crippen molar-refractivity contribution in [1.82, 2.24) is 0 Å². The Kier molecular flexibility index (Phi) is 3.60. The second-order valence-corrected chi connectivity index (χ2v) is 1.83. The summed E-state index contributed by atoms with van der Waals surface area (Å²) in [4.78, 5) is 10.5. The smallest absolute Gasteiger partial charge is 0.373 e. The molecular weight excluding hydrogens is 163 g/mol. The van der Waals surface area contributed by atoms with Gasteiger partial charge in [-0.05, 0) is 0 Å². The largest absolute Gasteiger partial charge is 0.465 e. The molecule has 0 aromatic heterocycles. The van der Waals surface area contributed by atoms with E-state index < -0.39 is 17.7 Å². The Morgan fingerprint density at radius 2 is 2.20 bits per heavy atom. The lowest BCUT2D eigenvalue weighted by Gasteiger charge is -2.16. The topological polar surface area (TPSA) is 35.5 Å². The van der Waals surface area contributed by atoms with Gasteiger partial charge in [-0.25, -0.2) is 4.79 Å². The van der Waals surface area contributed by atoms with Crippen LogP contribution in [0.4, 0.5) is 4.39 Å². The lowest BCUT2D eigenvalue weighted by Crippen LogP contribution is -2.38. The molecule has 0 heterocycles. The van der Waals surface area contributed by atoms with Crippen LogP contribution < -0.4 is 0 Å². The van der Waals surface area contributed by atoms with Gasteiger partial charge in [0.25, 0.3) is 0 Å². The molecule has 0 aliphatic rings. The molecule has 0 saturated heterocycles. The zero-order valence-electron chi connectivity index (χ0n) is 5.69. The van der Waals surface area contributed by atoms with Gasteiger partial charge in [-0.2, -0.15) is 4.39 Å². The van der Waals surface area contributed by atoms with Crippen LogP contribution in [0.2, 0.25) is 0 Å². The van der Waals surface area contributed by atoms with E-state index in [9.17, 15) is 9.18 Å². The molecule has 0 fully saturated rings. The molecule has 0 radical (unpaired) electrons. The number of methoxy groups -OCH3 is 2. The van der Waals surface area contributed by atoms with E-state index in [0.29, 0.717) is 0 Å². The number of hydrogen-bond acceptors (Lipinski definition) is 3. The molecule has 1 unspecified atom stereocenters. The molecule has 0 saturated carbocycles. The van der Waals surface area contributed by atoms with Gasteiger partial charge < -0.3 is 9.47 Å². The third kappa shape index (κ3) is 1.82. The zero-order valence-corrected chi connectivity index (χ0v) is 6.44. The van der Waals surface area contributed by atoms with Gasteiger partial charge >= 0.3 is 11.8 Å². The predicted molar refractivity (Wildman–Crippen MR) is 33.6 cm³/mol. The van der Waals surface area contributed by atoms with Gasteiger partial charge in [-0.1, -0.05) is 0 Å². The van der Waals surface area contributed by atoms with Crippen LogP contribution in [0.25, 0.3) is 0 Å². The summed E-state index contributed by atoms with van der Waals surface area (Å²) >= 11 is 5.08. The Morgan fingerprint density at radius 3 is 2.30 bits per heavy atom. The number of rotatable bonds is 3. The summed E-state index contributed by atoms with van der Waals surface area (Å²) in [7, 11) is 2.10. The van der Waals surface area contributed by atoms with Gasteiger partial charge in [-0.15, -0.1) is 11.6 Å². The van der Waals surface area contributed by atoms with Crippen LogP contribution in [0.1, 0.15) is 0 Å². The SMILES string of the molecule is COC(=O)C(F)(CCl)OC. The van der Waals surface area contributed by atoms with Gasteiger partial charge in [0.1, 0.15) is 0 Å². The summed E-state index contributed by atoms with van der Waals surface area (Å²) in [5.74, 6) is -4.20. The summed E-state index contributed by atoms with van der Waals surface area (Å²) in [6.07, 6.45) is 0. The molecule has 0 spiro atoms. The summed E-state index contributed by atoms with van der Waals surface area (Å²) in [6, 6.07) is 0. The van der Waals surface area contributed by atoms with Crippen molar-refractivity contribution in [2.45, 2.75) is 5.85 Å². The predicted octanol–water partition coefficient (Wildman–Crippen LogP) is 0.710. The normalized spacial score (nSPS) is 16.0. The maximum Gasteiger partial charge on any atom is 0.373 e. The van der Waals surface area contributed by atoms with Crippen molar-refractivity contribution < 1.29 is 18.7 Å². The first kappa shape index (κ1) is 9.65. The van der Waals surface area contributed by atoms with Crippen LogP contribution in [0, 0.1) is 0 Å². The maximum atomic E-state index is 12.8. The number of carbonyl (C=O) groups is 1. The van der Waals surface area contributed by atoms with Crippen molar-refractivity contribution in [3.8, 4) is 0 Å². The van der Waals surface area contributed by atoms with Crippen molar-refractivity contribution in [3.63, 3.8) is 0 Å². The summed E-state index contributed by atoms with van der Waals surface area (Å²) in [5, 5.41) is 0. The Balaban J connectivity index is 4.17. The quantitative estimate of drug-likeness (QED) is 0.462. The minimum atomic E-state index is -2.50. The Morgan fingerprint density at radius 1 is 1.70 bits per heavy atom. The number of hydrogen-bond donors (Lipinski definition) is 0. The monoisotopic (exact) mass is 170 g/mol. The van der Waals surface area contributed by atoms with Crippen LogP contribution in [0.3, 0.4) is 0 Å². The number of alkyl halides is 2. The number of esters is 1. The van der Waals surface area contributed by atoms with Gasteiger partial charge in [0, 0.05) is 7.11 Å². The van der Waals surface area contributed by atoms with Crippen molar-refractivity contribution in [1.29, 1.82) is 0 Å². The lowest BCUT2D eigenvalue weighted by molar-refractivity contribution is -0.185. The summed E-state index contributed by atoms with van der Waals surface area (Å²) in [5.41, 5.74) is 0. The highest BCUT2D eigenvalue weighted by molar-refractivity contribution is 6.20. The summed E-state index contributed by atoms with van der Waals surface area (Å²) < 4.78 is 21.1. The fourth-order valence-electron chi connectivity index (χ4n) is 0.345. The second kappa shape index (κ2) is 3.73. The van der Waals surface area contributed by atoms with Crippen LogP contribution in [-0.2, 0) is 14.3 Å². The van der Waals surface area contributed by atoms with Gasteiger partial charge in [-0.3, -0.25) is 0 Å². The van der Waals surface area contributed by atoms with E-state index in [4.69, 9.17) is 11.6 Å². The van der Waals surface area contributed by atoms with Crippen LogP contribution in [0.15, 0.2) is 0 Å². The second-order valence-electron chi connectivity index (χ2n) is 1.56. The molecule has 0 bridgehead atoms. The molecule has 0 amide bonds. The maximum absolute atomic E-state index is 12.8. The fourth-order valence-corrected chi connectivity index (χ4v) is 0.563.